The van der Waals surface area contributed by atoms with Crippen molar-refractivity contribution < 1.29 is 251 Å². The molecule has 0 aromatic rings. The second-order valence-electron chi connectivity index (χ2n) is 36.8. The molecular weight excluding hydrogens is 1940 g/mol. The topological polar surface area (TPSA) is 580 Å². The minimum Gasteiger partial charge on any atom is -1.00 e. The number of hydrogen-bond donors (Lipinski definition) is 15. The molecule has 0 radical (unpaired) electrons. The molecule has 12 aliphatic rings. The molecule has 0 aromatic heterocycles. The van der Waals surface area contributed by atoms with Gasteiger partial charge in [-0.1, -0.05) is 98.9 Å². The zero-order valence-corrected chi connectivity index (χ0v) is 87.3. The number of aliphatic hydroxyl groups excluding tert-OH is 15. The summed E-state index contributed by atoms with van der Waals surface area (Å²) in [6.07, 6.45) is -8.47. The van der Waals surface area contributed by atoms with Crippen molar-refractivity contribution in [2.75, 3.05) is 33.0 Å². The van der Waals surface area contributed by atoms with Gasteiger partial charge in [0.05, 0.1) is 33.0 Å². The summed E-state index contributed by atoms with van der Waals surface area (Å²) in [5.74, 6) is -4.94. The summed E-state index contributed by atoms with van der Waals surface area (Å²) in [7, 11) is -3.78. The molecule has 13 unspecified atom stereocenters. The van der Waals surface area contributed by atoms with Crippen molar-refractivity contribution in [3.63, 3.8) is 0 Å². The van der Waals surface area contributed by atoms with Gasteiger partial charge in [0.2, 0.25) is 0 Å². The summed E-state index contributed by atoms with van der Waals surface area (Å²) in [6.45, 7) is 71.1. The van der Waals surface area contributed by atoms with Gasteiger partial charge in [-0.05, 0) is 133 Å². The quantitative estimate of drug-likeness (QED) is 0.0247. The first-order valence-electron chi connectivity index (χ1n) is 40.7. The van der Waals surface area contributed by atoms with Crippen LogP contribution in [0, 0.1) is 6.58 Å². The Bertz CT molecular complexity index is 3280. The summed E-state index contributed by atoms with van der Waals surface area (Å²) >= 11 is -5.94. The van der Waals surface area contributed by atoms with Gasteiger partial charge in [0.15, 0.2) is 82.3 Å². The third kappa shape index (κ3) is 40.2. The van der Waals surface area contributed by atoms with Crippen molar-refractivity contribution in [2.45, 2.75) is 414 Å². The zero-order chi connectivity index (χ0) is 95.9. The minimum atomic E-state index is -5.94. The third-order valence-electron chi connectivity index (χ3n) is 21.5. The van der Waals surface area contributed by atoms with Gasteiger partial charge in [-0.25, -0.2) is 0 Å². The largest absolute Gasteiger partial charge is 2.00 e. The van der Waals surface area contributed by atoms with Gasteiger partial charge in [-0.15, -0.1) is 32.9 Å². The van der Waals surface area contributed by atoms with Crippen molar-refractivity contribution in [3.8, 4) is 0 Å². The molecule has 11 aliphatic heterocycles. The standard InChI is InChI=1S/C16H32O5Si.C14H28O5Si.C10H18O5.C10H16O3.C9H14O4.C8H14O5.C8H12O3.C5H10O5.C2H3.2CH4.BrH.IO4.Mg.Na/c1-9-11(17)13-14(21-16(5,6)20-13)12(18)10-19-22(7,8)15(2,3)4;1-13(2,3)20(6,7)16-8-9-10-11(12(15)17-9)19-14(4,5)18-10;1-4-6(12)8-9(7(13)5-11)15-10(2,3)14-8;1-5-7(11)9-8(6-2)12-10(3,4)13-9;1-4-5-6-7(8(10)11-5)13-9(2,3)12-6;1-8(2)12-5-4(3-9)11-7(10)6(5)13-8;1-8(2)10-6-4-3-5(9)7(6)11-8;6-1-2-3(7)4(8)5(9)10-2;1-2;;;;2-1(3,4)5;;/h9,11-14,17-18H,1,10H2,2-8H3;9-12,15H,8H2,1-7H3;4,6-9,11-13H,1,5H2,2-3H3;5-9,11H,1-2H2,3-4H3;4-8,10H,1H2,2-3H3;4-7,9-10H,3H2,1-2H3;3-7,9H,1-2H3;2-9H,1H2;1H,2H2;2*1H4;1H;;;/q;;;;;;;;-1;;;;-1;+2;+1/p-1/t11?,12-,13?,14+;9-,10+,11?,12-;6?,7-,8?,9+;7?,8-,9?;5-,6?,7+,8?;4-,5+,6?,7-;5?,6-,7?;2-,3+,4?,5-;;;;;;;/m11100101......./s1. The molecule has 1 aliphatic carbocycles. The molecule has 39 nitrogen and oxygen atoms in total. The summed E-state index contributed by atoms with van der Waals surface area (Å²) in [5, 5.41) is 140. The number of fused-ring (bicyclic) bond motifs is 4. The van der Waals surface area contributed by atoms with Crippen LogP contribution in [0.25, 0.3) is 0 Å². The molecule has 11 fully saturated rings. The molecule has 15 N–H and O–H groups in total. The van der Waals surface area contributed by atoms with Crippen LogP contribution in [0.3, 0.4) is 0 Å². The molecule has 0 amide bonds. The van der Waals surface area contributed by atoms with Crippen molar-refractivity contribution in [2.24, 2.45) is 0 Å². The van der Waals surface area contributed by atoms with E-state index in [1.54, 1.807) is 73.6 Å². The molecule has 0 saturated carbocycles. The zero-order valence-electron chi connectivity index (χ0n) is 78.2. The monoisotopic (exact) mass is 2100 g/mol. The second kappa shape index (κ2) is 54.9. The summed E-state index contributed by atoms with van der Waals surface area (Å²) < 4.78 is 145. The Morgan fingerprint density at radius 1 is 0.411 bits per heavy atom. The number of hydrogen-bond acceptors (Lipinski definition) is 39. The van der Waals surface area contributed by atoms with Gasteiger partial charge in [0.25, 0.3) is 0 Å². The van der Waals surface area contributed by atoms with E-state index in [1.807, 2.05) is 47.6 Å². The minimum absolute atomic E-state index is 0. The molecule has 11 saturated heterocycles. The molecule has 750 valence electrons. The van der Waals surface area contributed by atoms with Crippen LogP contribution in [0.15, 0.2) is 82.0 Å². The molecule has 11 heterocycles. The van der Waals surface area contributed by atoms with E-state index in [0.717, 1.165) is 0 Å². The fourth-order valence-electron chi connectivity index (χ4n) is 13.5. The van der Waals surface area contributed by atoms with Crippen LogP contribution in [0.2, 0.25) is 36.3 Å². The molecule has 129 heavy (non-hydrogen) atoms. The molecule has 30 atom stereocenters. The van der Waals surface area contributed by atoms with Crippen molar-refractivity contribution >= 4 is 39.7 Å². The maximum Gasteiger partial charge on any atom is 2.00 e. The Balaban J connectivity index is -0.00000140. The van der Waals surface area contributed by atoms with Crippen molar-refractivity contribution in [3.05, 3.63) is 88.6 Å². The van der Waals surface area contributed by atoms with Crippen LogP contribution in [-0.2, 0) is 94.1 Å². The summed E-state index contributed by atoms with van der Waals surface area (Å²) in [5.41, 5.74) is 0. The van der Waals surface area contributed by atoms with E-state index in [1.165, 1.54) is 18.2 Å². The van der Waals surface area contributed by atoms with Gasteiger partial charge in [-0.2, -0.15) is 0 Å². The number of aliphatic hydroxyl groups is 15. The van der Waals surface area contributed by atoms with Gasteiger partial charge in [0, 0.05) is 0 Å². The van der Waals surface area contributed by atoms with E-state index in [9.17, 15) is 46.0 Å². The summed E-state index contributed by atoms with van der Waals surface area (Å²) in [4.78, 5) is 0. The molecule has 0 aromatic carbocycles. The Morgan fingerprint density at radius 2 is 0.721 bits per heavy atom. The van der Waals surface area contributed by atoms with Gasteiger partial charge in [-0.3, -0.25) is 20.3 Å². The Kier molecular flexibility index (Phi) is 56.6. The average molecular weight is 2100 g/mol. The first-order valence-corrected chi connectivity index (χ1v) is 50.0. The first kappa shape index (κ1) is 133. The van der Waals surface area contributed by atoms with E-state index in [2.05, 4.69) is 119 Å². The van der Waals surface area contributed by atoms with E-state index in [0.29, 0.717) is 6.61 Å². The second-order valence-corrected chi connectivity index (χ2v) is 48.6. The maximum atomic E-state index is 10.5. The summed E-state index contributed by atoms with van der Waals surface area (Å²) in [6, 6.07) is 0. The van der Waals surface area contributed by atoms with Crippen LogP contribution in [0.1, 0.15) is 153 Å². The Labute approximate surface area is 820 Å². The predicted octanol–water partition coefficient (Wildman–Crippen LogP) is -9.44. The van der Waals surface area contributed by atoms with Crippen LogP contribution >= 0.6 is 0 Å². The van der Waals surface area contributed by atoms with Gasteiger partial charge >= 0.3 is 52.6 Å². The smallest absolute Gasteiger partial charge is 1.00 e. The average Bonchev–Trinajstić information content (AvgIpc) is 1.62. The fourth-order valence-corrected chi connectivity index (χ4v) is 15.5. The fraction of sp³-hybridized carbons (Fsp3) is 0.833. The predicted molar refractivity (Wildman–Crippen MR) is 455 cm³/mol. The Hall–Kier alpha value is 0.0300. The van der Waals surface area contributed by atoms with Crippen LogP contribution in [0.5, 0.6) is 0 Å². The third-order valence-corrected chi connectivity index (χ3v) is 30.5. The van der Waals surface area contributed by atoms with Crippen LogP contribution < -0.4 is 80.4 Å². The number of halogens is 2. The van der Waals surface area contributed by atoms with Crippen molar-refractivity contribution in [1.29, 1.82) is 0 Å². The van der Waals surface area contributed by atoms with E-state index < -0.39 is 225 Å². The maximum absolute atomic E-state index is 10.5. The Morgan fingerprint density at radius 3 is 1.09 bits per heavy atom. The molecule has 12 rings (SSSR count). The van der Waals surface area contributed by atoms with E-state index in [4.69, 9.17) is 134 Å². The van der Waals surface area contributed by atoms with E-state index in [-0.39, 0.29) is 157 Å². The number of rotatable bonds is 19. The van der Waals surface area contributed by atoms with Gasteiger partial charge < -0.3 is 194 Å². The van der Waals surface area contributed by atoms with E-state index >= 15 is 0 Å². The van der Waals surface area contributed by atoms with Crippen LogP contribution in [-0.4, -0.2) is 374 Å². The van der Waals surface area contributed by atoms with Crippen molar-refractivity contribution in [1.82, 2.24) is 0 Å². The SMILES string of the molecule is C.C.C=CC(O)C1OC(C)(C)O[C@H]1C=C.C=CC(O)C1OC(C)(C)O[C@H]1[C@H](O)CO.C=CC(O)C1OC(C)(C)O[C@H]1[C@H](O)CO[Si](C)(C)C(C)(C)C.C=C[C@@H]1OC(O)[C@@H]2OC(C)(C)OC21.CC1(C)OC2C(O)C=C[C@@H]2O1.CC1(C)OC2[C@H](O)O[C@H](CO)[C@@H]2O1.CC1(C)OC2[C@H](O)O[C@H](CO[Si](C)(C)C(C)(C)C)[C@@H]2O1.OC[C@H]1O[C@@H](O)C(O)[C@H]1O.[Br-].[CH-]=C.[Mg+2].[Na+].[O-][I+3]([O-])([O-])[O-]. The first-order chi connectivity index (χ1) is 56.5. The molecule has 45 heteroatoms. The molecule has 0 spiro atoms. The molecular formula is C84H155BrIMgNaO39Si2. The normalized spacial score (nSPS) is 35.8. The number of ether oxygens (including phenoxy) is 18. The molecule has 0 bridgehead atoms. The van der Waals surface area contributed by atoms with Gasteiger partial charge in [0.1, 0.15) is 179 Å². The van der Waals surface area contributed by atoms with Crippen LogP contribution in [0.4, 0.5) is 0 Å².